The molecule has 1 aliphatic carbocycles. The van der Waals surface area contributed by atoms with E-state index >= 15 is 0 Å². The lowest BCUT2D eigenvalue weighted by Gasteiger charge is -2.45. The van der Waals surface area contributed by atoms with Crippen LogP contribution in [0.1, 0.15) is 38.2 Å². The molecule has 1 heterocycles. The Bertz CT molecular complexity index is 456. The second-order valence-electron chi connectivity index (χ2n) is 6.93. The summed E-state index contributed by atoms with van der Waals surface area (Å²) >= 11 is 2.11. The zero-order valence-electron chi connectivity index (χ0n) is 13.4. The molecule has 1 aromatic rings. The van der Waals surface area contributed by atoms with Crippen LogP contribution in [0.4, 0.5) is 0 Å². The van der Waals surface area contributed by atoms with Gasteiger partial charge in [-0.3, -0.25) is 4.90 Å². The highest BCUT2D eigenvalue weighted by molar-refractivity contribution is 8.00. The number of piperazine rings is 1. The van der Waals surface area contributed by atoms with E-state index in [4.69, 9.17) is 0 Å². The summed E-state index contributed by atoms with van der Waals surface area (Å²) in [5.41, 5.74) is 1.51. The lowest BCUT2D eigenvalue weighted by molar-refractivity contribution is 0.131. The van der Waals surface area contributed by atoms with Crippen LogP contribution in [0.15, 0.2) is 30.3 Å². The van der Waals surface area contributed by atoms with E-state index in [9.17, 15) is 0 Å². The predicted octanol–water partition coefficient (Wildman–Crippen LogP) is 3.48. The Labute approximate surface area is 133 Å². The van der Waals surface area contributed by atoms with Gasteiger partial charge in [0, 0.05) is 30.9 Å². The molecular formula is C18H28N2S. The van der Waals surface area contributed by atoms with E-state index in [2.05, 4.69) is 65.5 Å². The summed E-state index contributed by atoms with van der Waals surface area (Å²) in [6.45, 7) is 7.02. The van der Waals surface area contributed by atoms with Gasteiger partial charge in [-0.15, -0.1) is 0 Å². The van der Waals surface area contributed by atoms with E-state index in [1.165, 1.54) is 44.3 Å². The van der Waals surface area contributed by atoms with Gasteiger partial charge in [0.1, 0.15) is 0 Å². The molecule has 1 saturated carbocycles. The first kappa shape index (κ1) is 15.4. The van der Waals surface area contributed by atoms with Gasteiger partial charge in [0.2, 0.25) is 0 Å². The minimum absolute atomic E-state index is 0.0950. The van der Waals surface area contributed by atoms with Gasteiger partial charge in [0.25, 0.3) is 0 Å². The molecule has 0 aromatic heterocycles. The Morgan fingerprint density at radius 1 is 1.19 bits per heavy atom. The van der Waals surface area contributed by atoms with Crippen molar-refractivity contribution in [3.8, 4) is 0 Å². The maximum atomic E-state index is 3.75. The number of hydrogen-bond acceptors (Lipinski definition) is 3. The van der Waals surface area contributed by atoms with Crippen LogP contribution in [-0.4, -0.2) is 42.1 Å². The number of hydrogen-bond donors (Lipinski definition) is 1. The van der Waals surface area contributed by atoms with Crippen LogP contribution in [0, 0.1) is 0 Å². The van der Waals surface area contributed by atoms with E-state index in [1.807, 2.05) is 0 Å². The number of rotatable bonds is 4. The Hall–Kier alpha value is -0.510. The Balaban J connectivity index is 1.71. The second kappa shape index (κ2) is 6.31. The maximum Gasteiger partial charge on any atom is 0.0535 e. The number of benzene rings is 1. The minimum atomic E-state index is 0.0950. The molecular weight excluding hydrogens is 276 g/mol. The molecule has 3 heteroatoms. The largest absolute Gasteiger partial charge is 0.305 e. The zero-order valence-corrected chi connectivity index (χ0v) is 14.2. The summed E-state index contributed by atoms with van der Waals surface area (Å²) < 4.78 is 0.523. The molecule has 1 unspecified atom stereocenters. The summed E-state index contributed by atoms with van der Waals surface area (Å²) in [5, 5.41) is 3.75. The summed E-state index contributed by atoms with van der Waals surface area (Å²) in [6, 6.07) is 10.9. The van der Waals surface area contributed by atoms with Crippen molar-refractivity contribution in [1.82, 2.24) is 10.2 Å². The standard InChI is InChI=1S/C18H28N2S/c1-17(16-8-4-3-5-9-16)14-20(13-12-19-17)15-18(21-2)10-6-7-11-18/h3-5,8-9,19H,6-7,10-15H2,1-2H3. The average Bonchev–Trinajstić information content (AvgIpc) is 2.97. The van der Waals surface area contributed by atoms with Gasteiger partial charge in [-0.05, 0) is 31.6 Å². The third-order valence-electron chi connectivity index (χ3n) is 5.35. The Morgan fingerprint density at radius 2 is 1.90 bits per heavy atom. The molecule has 2 fully saturated rings. The van der Waals surface area contributed by atoms with Crippen LogP contribution in [0.3, 0.4) is 0 Å². The van der Waals surface area contributed by atoms with Crippen LogP contribution in [0.25, 0.3) is 0 Å². The fraction of sp³-hybridized carbons (Fsp3) is 0.667. The van der Waals surface area contributed by atoms with Crippen LogP contribution >= 0.6 is 11.8 Å². The van der Waals surface area contributed by atoms with Gasteiger partial charge in [-0.25, -0.2) is 0 Å². The molecule has 0 spiro atoms. The molecule has 21 heavy (non-hydrogen) atoms. The summed E-state index contributed by atoms with van der Waals surface area (Å²) in [6.07, 6.45) is 7.95. The number of nitrogens with zero attached hydrogens (tertiary/aromatic N) is 1. The van der Waals surface area contributed by atoms with E-state index < -0.39 is 0 Å². The fourth-order valence-corrected chi connectivity index (χ4v) is 5.07. The molecule has 116 valence electrons. The third-order valence-corrected chi connectivity index (χ3v) is 6.76. The van der Waals surface area contributed by atoms with Crippen molar-refractivity contribution in [3.05, 3.63) is 35.9 Å². The van der Waals surface area contributed by atoms with Gasteiger partial charge in [0.15, 0.2) is 0 Å². The van der Waals surface area contributed by atoms with E-state index in [0.29, 0.717) is 4.75 Å². The number of nitrogens with one attached hydrogen (secondary N) is 1. The molecule has 2 aliphatic rings. The van der Waals surface area contributed by atoms with Crippen LogP contribution < -0.4 is 5.32 Å². The first-order valence-corrected chi connectivity index (χ1v) is 9.46. The highest BCUT2D eigenvalue weighted by Crippen LogP contribution is 2.41. The molecule has 0 bridgehead atoms. The third kappa shape index (κ3) is 3.30. The normalized spacial score (nSPS) is 29.6. The monoisotopic (exact) mass is 304 g/mol. The molecule has 1 saturated heterocycles. The van der Waals surface area contributed by atoms with E-state index in [0.717, 1.165) is 13.1 Å². The van der Waals surface area contributed by atoms with Crippen LogP contribution in [0.2, 0.25) is 0 Å². The fourth-order valence-electron chi connectivity index (χ4n) is 4.06. The SMILES string of the molecule is CSC1(CN2CCNC(C)(c3ccccc3)C2)CCCC1. The lowest BCUT2D eigenvalue weighted by Crippen LogP contribution is -2.58. The van der Waals surface area contributed by atoms with Crippen molar-refractivity contribution < 1.29 is 0 Å². The molecule has 1 N–H and O–H groups in total. The van der Waals surface area contributed by atoms with E-state index in [-0.39, 0.29) is 5.54 Å². The van der Waals surface area contributed by atoms with Crippen molar-refractivity contribution in [2.75, 3.05) is 32.4 Å². The van der Waals surface area contributed by atoms with Crippen molar-refractivity contribution in [3.63, 3.8) is 0 Å². The highest BCUT2D eigenvalue weighted by Gasteiger charge is 2.38. The van der Waals surface area contributed by atoms with Crippen molar-refractivity contribution in [2.45, 2.75) is 42.9 Å². The highest BCUT2D eigenvalue weighted by atomic mass is 32.2. The molecule has 0 radical (unpaired) electrons. The molecule has 0 amide bonds. The van der Waals surface area contributed by atoms with Crippen molar-refractivity contribution in [2.24, 2.45) is 0 Å². The second-order valence-corrected chi connectivity index (χ2v) is 8.20. The Kier molecular flexibility index (Phi) is 4.63. The predicted molar refractivity (Wildman–Crippen MR) is 93.0 cm³/mol. The van der Waals surface area contributed by atoms with Crippen LogP contribution in [0.5, 0.6) is 0 Å². The topological polar surface area (TPSA) is 15.3 Å². The summed E-state index contributed by atoms with van der Waals surface area (Å²) in [5.74, 6) is 0. The lowest BCUT2D eigenvalue weighted by atomic mass is 9.89. The smallest absolute Gasteiger partial charge is 0.0535 e. The van der Waals surface area contributed by atoms with Crippen LogP contribution in [-0.2, 0) is 5.54 Å². The van der Waals surface area contributed by atoms with Gasteiger partial charge < -0.3 is 5.32 Å². The first-order chi connectivity index (χ1) is 10.2. The minimum Gasteiger partial charge on any atom is -0.305 e. The molecule has 1 atom stereocenters. The maximum absolute atomic E-state index is 3.75. The van der Waals surface area contributed by atoms with Gasteiger partial charge in [-0.1, -0.05) is 43.2 Å². The first-order valence-electron chi connectivity index (χ1n) is 8.24. The molecule has 3 rings (SSSR count). The van der Waals surface area contributed by atoms with Gasteiger partial charge in [0.05, 0.1) is 5.54 Å². The summed E-state index contributed by atoms with van der Waals surface area (Å²) in [7, 11) is 0. The van der Waals surface area contributed by atoms with Crippen molar-refractivity contribution >= 4 is 11.8 Å². The van der Waals surface area contributed by atoms with Gasteiger partial charge in [-0.2, -0.15) is 11.8 Å². The van der Waals surface area contributed by atoms with E-state index in [1.54, 1.807) is 0 Å². The Morgan fingerprint density at radius 3 is 2.57 bits per heavy atom. The zero-order chi connectivity index (χ0) is 14.8. The number of thioether (sulfide) groups is 1. The molecule has 1 aliphatic heterocycles. The summed E-state index contributed by atoms with van der Waals surface area (Å²) in [4.78, 5) is 2.70. The molecule has 2 nitrogen and oxygen atoms in total. The quantitative estimate of drug-likeness (QED) is 0.917. The van der Waals surface area contributed by atoms with Crippen molar-refractivity contribution in [1.29, 1.82) is 0 Å². The van der Waals surface area contributed by atoms with Gasteiger partial charge >= 0.3 is 0 Å². The average molecular weight is 305 g/mol. The molecule has 1 aromatic carbocycles.